The minimum atomic E-state index is -0.413. The summed E-state index contributed by atoms with van der Waals surface area (Å²) in [6.45, 7) is 1.73. The number of urea groups is 1. The maximum Gasteiger partial charge on any atom is 0.319 e. The number of rotatable bonds is 5. The van der Waals surface area contributed by atoms with Crippen LogP contribution in [0, 0.1) is 5.82 Å². The van der Waals surface area contributed by atoms with Gasteiger partial charge in [0.25, 0.3) is 0 Å². The summed E-state index contributed by atoms with van der Waals surface area (Å²) in [7, 11) is 0. The van der Waals surface area contributed by atoms with Gasteiger partial charge >= 0.3 is 6.03 Å². The Balaban J connectivity index is 1.54. The minimum absolute atomic E-state index is 0.153. The zero-order chi connectivity index (χ0) is 17.8. The van der Waals surface area contributed by atoms with Gasteiger partial charge in [0, 0.05) is 24.8 Å². The van der Waals surface area contributed by atoms with Crippen molar-refractivity contribution in [2.75, 3.05) is 10.6 Å². The molecule has 3 N–H and O–H groups in total. The predicted octanol–water partition coefficient (Wildman–Crippen LogP) is 3.98. The highest BCUT2D eigenvalue weighted by Gasteiger charge is 2.26. The second-order valence-electron chi connectivity index (χ2n) is 6.20. The largest absolute Gasteiger partial charge is 0.334 e. The molecule has 0 spiro atoms. The molecule has 1 aliphatic carbocycles. The molecular weight excluding hydrogens is 321 g/mol. The number of halogens is 1. The summed E-state index contributed by atoms with van der Waals surface area (Å²) in [5.41, 5.74) is 2.66. The monoisotopic (exact) mass is 341 g/mol. The Morgan fingerprint density at radius 2 is 1.84 bits per heavy atom. The fourth-order valence-electron chi connectivity index (χ4n) is 2.65. The lowest BCUT2D eigenvalue weighted by molar-refractivity contribution is -0.114. The van der Waals surface area contributed by atoms with Gasteiger partial charge in [-0.1, -0.05) is 18.2 Å². The van der Waals surface area contributed by atoms with Crippen molar-refractivity contribution < 1.29 is 14.0 Å². The first kappa shape index (κ1) is 17.0. The fourth-order valence-corrected chi connectivity index (χ4v) is 2.65. The summed E-state index contributed by atoms with van der Waals surface area (Å²) in [5.74, 6) is -0.0957. The normalized spacial score (nSPS) is 13.2. The lowest BCUT2D eigenvalue weighted by Gasteiger charge is -2.10. The fraction of sp³-hybridized carbons (Fsp3) is 0.263. The average molecular weight is 341 g/mol. The molecular formula is C19H20FN3O2. The van der Waals surface area contributed by atoms with E-state index in [9.17, 15) is 14.0 Å². The molecule has 0 aliphatic heterocycles. The van der Waals surface area contributed by atoms with E-state index >= 15 is 0 Å². The van der Waals surface area contributed by atoms with Crippen LogP contribution in [0.15, 0.2) is 42.5 Å². The van der Waals surface area contributed by atoms with Crippen LogP contribution in [-0.4, -0.2) is 11.9 Å². The summed E-state index contributed by atoms with van der Waals surface area (Å²) in [4.78, 5) is 23.0. The van der Waals surface area contributed by atoms with Gasteiger partial charge in [-0.2, -0.15) is 0 Å². The summed E-state index contributed by atoms with van der Waals surface area (Å²) in [5, 5.41) is 8.03. The molecule has 2 aromatic carbocycles. The maximum absolute atomic E-state index is 14.0. The molecule has 130 valence electrons. The van der Waals surface area contributed by atoms with E-state index < -0.39 is 6.03 Å². The maximum atomic E-state index is 14.0. The van der Waals surface area contributed by atoms with Crippen molar-refractivity contribution in [1.29, 1.82) is 0 Å². The van der Waals surface area contributed by atoms with Crippen LogP contribution < -0.4 is 16.0 Å². The van der Waals surface area contributed by atoms with Crippen LogP contribution in [0.2, 0.25) is 0 Å². The van der Waals surface area contributed by atoms with E-state index in [1.54, 1.807) is 30.3 Å². The summed E-state index contributed by atoms with van der Waals surface area (Å²) in [6, 6.07) is 11.6. The number of carbonyl (C=O) groups is 2. The third-order valence-corrected chi connectivity index (χ3v) is 3.98. The Morgan fingerprint density at radius 1 is 1.08 bits per heavy atom. The molecule has 2 aromatic rings. The molecule has 0 bridgehead atoms. The zero-order valence-corrected chi connectivity index (χ0v) is 13.9. The van der Waals surface area contributed by atoms with Gasteiger partial charge in [0.15, 0.2) is 0 Å². The minimum Gasteiger partial charge on any atom is -0.334 e. The third kappa shape index (κ3) is 4.79. The molecule has 1 saturated carbocycles. The van der Waals surface area contributed by atoms with Gasteiger partial charge in [-0.3, -0.25) is 4.79 Å². The molecule has 0 unspecified atom stereocenters. The third-order valence-electron chi connectivity index (χ3n) is 3.98. The SMILES string of the molecule is CC(=O)Nc1cccc(CNC(=O)Nc2ccc(C3CC3)c(F)c2)c1. The zero-order valence-electron chi connectivity index (χ0n) is 13.9. The van der Waals surface area contributed by atoms with E-state index in [1.807, 2.05) is 6.07 Å². The highest BCUT2D eigenvalue weighted by Crippen LogP contribution is 2.41. The highest BCUT2D eigenvalue weighted by molar-refractivity contribution is 5.89. The lowest BCUT2D eigenvalue weighted by atomic mass is 10.1. The smallest absolute Gasteiger partial charge is 0.319 e. The molecule has 5 nitrogen and oxygen atoms in total. The van der Waals surface area contributed by atoms with Crippen LogP contribution in [0.5, 0.6) is 0 Å². The van der Waals surface area contributed by atoms with Gasteiger partial charge in [0.1, 0.15) is 5.82 Å². The van der Waals surface area contributed by atoms with Crippen LogP contribution in [0.3, 0.4) is 0 Å². The number of benzene rings is 2. The van der Waals surface area contributed by atoms with E-state index in [0.717, 1.165) is 24.0 Å². The first-order valence-electron chi connectivity index (χ1n) is 8.22. The number of nitrogens with one attached hydrogen (secondary N) is 3. The van der Waals surface area contributed by atoms with Crippen molar-refractivity contribution >= 4 is 23.3 Å². The lowest BCUT2D eigenvalue weighted by Crippen LogP contribution is -2.28. The predicted molar refractivity (Wildman–Crippen MR) is 95.0 cm³/mol. The molecule has 0 aromatic heterocycles. The van der Waals surface area contributed by atoms with Crippen LogP contribution in [0.25, 0.3) is 0 Å². The Hall–Kier alpha value is -2.89. The Morgan fingerprint density at radius 3 is 2.52 bits per heavy atom. The molecule has 6 heteroatoms. The topological polar surface area (TPSA) is 70.2 Å². The molecule has 3 rings (SSSR count). The quantitative estimate of drug-likeness (QED) is 0.770. The molecule has 0 saturated heterocycles. The van der Waals surface area contributed by atoms with E-state index in [4.69, 9.17) is 0 Å². The van der Waals surface area contributed by atoms with Gasteiger partial charge in [-0.25, -0.2) is 9.18 Å². The van der Waals surface area contributed by atoms with Crippen molar-refractivity contribution in [2.24, 2.45) is 0 Å². The number of anilines is 2. The second kappa shape index (κ2) is 7.34. The summed E-state index contributed by atoms with van der Waals surface area (Å²) < 4.78 is 14.0. The summed E-state index contributed by atoms with van der Waals surface area (Å²) in [6.07, 6.45) is 2.06. The van der Waals surface area contributed by atoms with Crippen LogP contribution in [-0.2, 0) is 11.3 Å². The molecule has 0 heterocycles. The van der Waals surface area contributed by atoms with Crippen molar-refractivity contribution in [3.05, 3.63) is 59.4 Å². The molecule has 3 amide bonds. The van der Waals surface area contributed by atoms with Crippen molar-refractivity contribution in [1.82, 2.24) is 5.32 Å². The van der Waals surface area contributed by atoms with Crippen LogP contribution in [0.4, 0.5) is 20.6 Å². The van der Waals surface area contributed by atoms with E-state index in [1.165, 1.54) is 13.0 Å². The van der Waals surface area contributed by atoms with Crippen molar-refractivity contribution in [3.8, 4) is 0 Å². The Kier molecular flexibility index (Phi) is 4.97. The van der Waals surface area contributed by atoms with Gasteiger partial charge in [-0.05, 0) is 54.2 Å². The van der Waals surface area contributed by atoms with E-state index in [2.05, 4.69) is 16.0 Å². The van der Waals surface area contributed by atoms with Crippen molar-refractivity contribution in [3.63, 3.8) is 0 Å². The second-order valence-corrected chi connectivity index (χ2v) is 6.20. The van der Waals surface area contributed by atoms with Gasteiger partial charge in [0.2, 0.25) is 5.91 Å². The van der Waals surface area contributed by atoms with Crippen LogP contribution in [0.1, 0.15) is 36.8 Å². The number of amides is 3. The average Bonchev–Trinajstić information content (AvgIpc) is 3.38. The van der Waals surface area contributed by atoms with Gasteiger partial charge in [0.05, 0.1) is 0 Å². The molecule has 0 atom stereocenters. The molecule has 0 radical (unpaired) electrons. The molecule has 1 aliphatic rings. The highest BCUT2D eigenvalue weighted by atomic mass is 19.1. The number of hydrogen-bond donors (Lipinski definition) is 3. The first-order valence-corrected chi connectivity index (χ1v) is 8.22. The number of hydrogen-bond acceptors (Lipinski definition) is 2. The number of carbonyl (C=O) groups excluding carboxylic acids is 2. The van der Waals surface area contributed by atoms with E-state index in [-0.39, 0.29) is 11.7 Å². The molecule has 1 fully saturated rings. The Bertz CT molecular complexity index is 803. The van der Waals surface area contributed by atoms with Crippen LogP contribution >= 0.6 is 0 Å². The standard InChI is InChI=1S/C19H20FN3O2/c1-12(24)22-15-4-2-3-13(9-15)11-21-19(25)23-16-7-8-17(14-5-6-14)18(20)10-16/h2-4,7-10,14H,5-6,11H2,1H3,(H,22,24)(H2,21,23,25). The first-order chi connectivity index (χ1) is 12.0. The van der Waals surface area contributed by atoms with Gasteiger partial charge in [-0.15, -0.1) is 0 Å². The van der Waals surface area contributed by atoms with Crippen molar-refractivity contribution in [2.45, 2.75) is 32.2 Å². The van der Waals surface area contributed by atoms with Gasteiger partial charge < -0.3 is 16.0 Å². The Labute approximate surface area is 145 Å². The van der Waals surface area contributed by atoms with E-state index in [0.29, 0.717) is 23.8 Å². The molecule has 25 heavy (non-hydrogen) atoms. The summed E-state index contributed by atoms with van der Waals surface area (Å²) >= 11 is 0.